The zero-order chi connectivity index (χ0) is 18.8. The molecule has 0 aliphatic carbocycles. The number of carbonyl (C=O) groups excluding carboxylic acids is 2. The fraction of sp³-hybridized carbons (Fsp3) is 0.211. The molecule has 1 aliphatic rings. The van der Waals surface area contributed by atoms with Gasteiger partial charge in [-0.1, -0.05) is 23.7 Å². The van der Waals surface area contributed by atoms with Gasteiger partial charge in [-0.3, -0.25) is 9.78 Å². The van der Waals surface area contributed by atoms with E-state index >= 15 is 0 Å². The third kappa shape index (κ3) is 3.59. The number of nitrogens with one attached hydrogen (secondary N) is 1. The number of para-hydroxylation sites is 1. The van der Waals surface area contributed by atoms with Gasteiger partial charge in [-0.25, -0.2) is 4.79 Å². The molecule has 3 heterocycles. The number of pyridine rings is 1. The van der Waals surface area contributed by atoms with E-state index in [-0.39, 0.29) is 5.91 Å². The number of aromatic nitrogens is 2. The molecule has 27 heavy (non-hydrogen) atoms. The lowest BCUT2D eigenvalue weighted by Gasteiger charge is -2.33. The van der Waals surface area contributed by atoms with Gasteiger partial charge in [-0.15, -0.1) is 0 Å². The van der Waals surface area contributed by atoms with Gasteiger partial charge in [0.2, 0.25) is 0 Å². The van der Waals surface area contributed by atoms with Crippen LogP contribution in [-0.2, 0) is 0 Å². The molecule has 0 radical (unpaired) electrons. The van der Waals surface area contributed by atoms with Gasteiger partial charge in [-0.05, 0) is 24.3 Å². The van der Waals surface area contributed by atoms with Crippen LogP contribution in [0.3, 0.4) is 0 Å². The summed E-state index contributed by atoms with van der Waals surface area (Å²) in [5.41, 5.74) is 1.24. The van der Waals surface area contributed by atoms with Crippen LogP contribution in [0.2, 0.25) is 5.02 Å². The summed E-state index contributed by atoms with van der Waals surface area (Å²) >= 11 is 6.16. The van der Waals surface area contributed by atoms with E-state index in [0.29, 0.717) is 42.6 Å². The molecular weight excluding hydrogens is 368 g/mol. The van der Waals surface area contributed by atoms with Crippen molar-refractivity contribution in [3.8, 4) is 5.75 Å². The van der Waals surface area contributed by atoms with Crippen molar-refractivity contribution in [1.82, 2.24) is 19.8 Å². The molecule has 2 amide bonds. The first-order chi connectivity index (χ1) is 13.1. The van der Waals surface area contributed by atoms with Gasteiger partial charge in [0.1, 0.15) is 5.69 Å². The second-order valence-corrected chi connectivity index (χ2v) is 6.63. The Morgan fingerprint density at radius 1 is 1.07 bits per heavy atom. The van der Waals surface area contributed by atoms with Crippen LogP contribution in [0.25, 0.3) is 10.9 Å². The highest BCUT2D eigenvalue weighted by Gasteiger charge is 2.27. The third-order valence-corrected chi connectivity index (χ3v) is 4.82. The number of H-pyrrole nitrogens is 1. The van der Waals surface area contributed by atoms with Crippen LogP contribution in [0.4, 0.5) is 4.79 Å². The van der Waals surface area contributed by atoms with E-state index < -0.39 is 6.09 Å². The number of ether oxygens (including phenoxy) is 1. The Balaban J connectivity index is 1.39. The van der Waals surface area contributed by atoms with E-state index in [9.17, 15) is 9.59 Å². The van der Waals surface area contributed by atoms with E-state index in [2.05, 4.69) is 9.97 Å². The van der Waals surface area contributed by atoms with Gasteiger partial charge in [0.15, 0.2) is 5.75 Å². The van der Waals surface area contributed by atoms with Crippen molar-refractivity contribution >= 4 is 34.5 Å². The molecule has 8 heteroatoms. The molecule has 1 fully saturated rings. The Morgan fingerprint density at radius 2 is 1.85 bits per heavy atom. The Labute approximate surface area is 160 Å². The number of piperazine rings is 1. The Bertz CT molecular complexity index is 981. The van der Waals surface area contributed by atoms with Crippen molar-refractivity contribution in [2.24, 2.45) is 0 Å². The summed E-state index contributed by atoms with van der Waals surface area (Å²) < 4.78 is 5.29. The van der Waals surface area contributed by atoms with E-state index in [0.717, 1.165) is 10.9 Å². The highest BCUT2D eigenvalue weighted by atomic mass is 35.5. The van der Waals surface area contributed by atoms with E-state index in [1.807, 2.05) is 12.1 Å². The molecule has 1 aromatic carbocycles. The molecule has 138 valence electrons. The molecular formula is C19H17ClN4O3. The molecule has 1 aliphatic heterocycles. The average molecular weight is 385 g/mol. The van der Waals surface area contributed by atoms with Crippen LogP contribution < -0.4 is 4.74 Å². The maximum absolute atomic E-state index is 12.8. The quantitative estimate of drug-likeness (QED) is 0.736. The number of hydrogen-bond acceptors (Lipinski definition) is 4. The van der Waals surface area contributed by atoms with Crippen molar-refractivity contribution in [2.45, 2.75) is 0 Å². The Hall–Kier alpha value is -3.06. The minimum absolute atomic E-state index is 0.109. The normalized spacial score (nSPS) is 14.4. The second-order valence-electron chi connectivity index (χ2n) is 6.22. The van der Waals surface area contributed by atoms with Crippen molar-refractivity contribution in [3.05, 3.63) is 59.5 Å². The van der Waals surface area contributed by atoms with Crippen molar-refractivity contribution in [3.63, 3.8) is 0 Å². The van der Waals surface area contributed by atoms with Gasteiger partial charge in [0.05, 0.1) is 16.7 Å². The SMILES string of the molecule is O=C(Oc1cccnc1)N1CCN(C(=O)c2cc3cccc(Cl)c3[nH]2)CC1. The van der Waals surface area contributed by atoms with Gasteiger partial charge >= 0.3 is 6.09 Å². The zero-order valence-electron chi connectivity index (χ0n) is 14.4. The predicted molar refractivity (Wildman–Crippen MR) is 101 cm³/mol. The highest BCUT2D eigenvalue weighted by Crippen LogP contribution is 2.24. The lowest BCUT2D eigenvalue weighted by atomic mass is 10.2. The van der Waals surface area contributed by atoms with Gasteiger partial charge < -0.3 is 19.5 Å². The number of rotatable bonds is 2. The zero-order valence-corrected chi connectivity index (χ0v) is 15.1. The number of fused-ring (bicyclic) bond motifs is 1. The molecule has 4 rings (SSSR count). The first-order valence-electron chi connectivity index (χ1n) is 8.55. The van der Waals surface area contributed by atoms with Crippen LogP contribution in [0, 0.1) is 0 Å². The van der Waals surface area contributed by atoms with Crippen LogP contribution >= 0.6 is 11.6 Å². The first-order valence-corrected chi connectivity index (χ1v) is 8.93. The third-order valence-electron chi connectivity index (χ3n) is 4.50. The Morgan fingerprint density at radius 3 is 2.56 bits per heavy atom. The largest absolute Gasteiger partial charge is 0.415 e. The van der Waals surface area contributed by atoms with Crippen LogP contribution in [0.15, 0.2) is 48.8 Å². The number of halogens is 1. The summed E-state index contributed by atoms with van der Waals surface area (Å²) in [4.78, 5) is 35.3. The van der Waals surface area contributed by atoms with Crippen LogP contribution in [0.5, 0.6) is 5.75 Å². The summed E-state index contributed by atoms with van der Waals surface area (Å²) in [5.74, 6) is 0.290. The lowest BCUT2D eigenvalue weighted by molar-refractivity contribution is 0.0629. The number of nitrogens with zero attached hydrogens (tertiary/aromatic N) is 3. The number of aromatic amines is 1. The van der Waals surface area contributed by atoms with E-state index in [1.165, 1.54) is 6.20 Å². The second kappa shape index (κ2) is 7.28. The molecule has 0 atom stereocenters. The molecule has 3 aromatic rings. The van der Waals surface area contributed by atoms with E-state index in [1.54, 1.807) is 40.3 Å². The molecule has 0 saturated carbocycles. The minimum atomic E-state index is -0.438. The Kier molecular flexibility index (Phi) is 4.68. The van der Waals surface area contributed by atoms with Crippen molar-refractivity contribution < 1.29 is 14.3 Å². The molecule has 7 nitrogen and oxygen atoms in total. The average Bonchev–Trinajstić information content (AvgIpc) is 3.14. The van der Waals surface area contributed by atoms with Crippen LogP contribution in [0.1, 0.15) is 10.5 Å². The fourth-order valence-electron chi connectivity index (χ4n) is 3.07. The van der Waals surface area contributed by atoms with Gasteiger partial charge in [0.25, 0.3) is 5.91 Å². The first kappa shape index (κ1) is 17.4. The monoisotopic (exact) mass is 384 g/mol. The summed E-state index contributed by atoms with van der Waals surface area (Å²) in [6, 6.07) is 10.7. The van der Waals surface area contributed by atoms with Gasteiger partial charge in [0, 0.05) is 37.8 Å². The van der Waals surface area contributed by atoms with E-state index in [4.69, 9.17) is 16.3 Å². The maximum atomic E-state index is 12.8. The smallest absolute Gasteiger partial charge is 0.409 e. The number of amides is 2. The standard InChI is InChI=1S/C19H17ClN4O3/c20-15-5-1-3-13-11-16(22-17(13)15)18(25)23-7-9-24(10-8-23)19(26)27-14-4-2-6-21-12-14/h1-6,11-12,22H,7-10H2. The summed E-state index contributed by atoms with van der Waals surface area (Å²) in [7, 11) is 0. The molecule has 0 unspecified atom stereocenters. The number of hydrogen-bond donors (Lipinski definition) is 1. The minimum Gasteiger partial charge on any atom is -0.409 e. The molecule has 1 N–H and O–H groups in total. The highest BCUT2D eigenvalue weighted by molar-refractivity contribution is 6.35. The predicted octanol–water partition coefficient (Wildman–Crippen LogP) is 3.17. The summed E-state index contributed by atoms with van der Waals surface area (Å²) in [6.45, 7) is 1.69. The summed E-state index contributed by atoms with van der Waals surface area (Å²) in [6.07, 6.45) is 2.66. The van der Waals surface area contributed by atoms with Crippen LogP contribution in [-0.4, -0.2) is 57.9 Å². The number of carbonyl (C=O) groups is 2. The van der Waals surface area contributed by atoms with Crippen molar-refractivity contribution in [2.75, 3.05) is 26.2 Å². The summed E-state index contributed by atoms with van der Waals surface area (Å²) in [5, 5.41) is 1.47. The fourth-order valence-corrected chi connectivity index (χ4v) is 3.30. The maximum Gasteiger partial charge on any atom is 0.415 e. The molecule has 0 bridgehead atoms. The molecule has 1 saturated heterocycles. The number of benzene rings is 1. The molecule has 2 aromatic heterocycles. The topological polar surface area (TPSA) is 78.5 Å². The van der Waals surface area contributed by atoms with Crippen molar-refractivity contribution in [1.29, 1.82) is 0 Å². The lowest BCUT2D eigenvalue weighted by Crippen LogP contribution is -2.51. The molecule has 0 spiro atoms. The van der Waals surface area contributed by atoms with Gasteiger partial charge in [-0.2, -0.15) is 0 Å².